The van der Waals surface area contributed by atoms with Gasteiger partial charge in [-0.1, -0.05) is 28.1 Å². The Hall–Kier alpha value is -2.27. The number of halogens is 1. The van der Waals surface area contributed by atoms with Crippen LogP contribution in [0.4, 0.5) is 5.69 Å². The normalized spacial score (nSPS) is 10.6. The van der Waals surface area contributed by atoms with E-state index < -0.39 is 0 Å². The van der Waals surface area contributed by atoms with Gasteiger partial charge in [0.2, 0.25) is 0 Å². The van der Waals surface area contributed by atoms with E-state index in [0.717, 1.165) is 15.4 Å². The molecule has 0 aliphatic rings. The molecule has 0 radical (unpaired) electrons. The highest BCUT2D eigenvalue weighted by Crippen LogP contribution is 2.38. The Kier molecular flexibility index (Phi) is 3.66. The number of benzene rings is 2. The zero-order valence-electron chi connectivity index (χ0n) is 11.3. The summed E-state index contributed by atoms with van der Waals surface area (Å²) in [5.41, 5.74) is 7.33. The van der Waals surface area contributed by atoms with Gasteiger partial charge in [-0.25, -0.2) is 0 Å². The Bertz CT molecular complexity index is 800. The minimum Gasteiger partial charge on any atom is -0.493 e. The van der Waals surface area contributed by atoms with Crippen LogP contribution in [0.25, 0.3) is 10.9 Å². The summed E-state index contributed by atoms with van der Waals surface area (Å²) in [6, 6.07) is 13.2. The van der Waals surface area contributed by atoms with Crippen LogP contribution in [0.3, 0.4) is 0 Å². The van der Waals surface area contributed by atoms with Crippen molar-refractivity contribution in [3.63, 3.8) is 0 Å². The molecule has 3 rings (SSSR count). The largest absolute Gasteiger partial charge is 0.493 e. The van der Waals surface area contributed by atoms with Crippen LogP contribution in [0.15, 0.2) is 53.1 Å². The molecule has 0 unspecified atom stereocenters. The minimum atomic E-state index is 0.478. The first-order valence-electron chi connectivity index (χ1n) is 6.33. The molecule has 3 aromatic rings. The van der Waals surface area contributed by atoms with E-state index in [-0.39, 0.29) is 0 Å². The summed E-state index contributed by atoms with van der Waals surface area (Å²) in [5.74, 6) is 1.84. The second-order valence-electron chi connectivity index (χ2n) is 4.46. The van der Waals surface area contributed by atoms with Crippen molar-refractivity contribution in [3.05, 3.63) is 53.1 Å². The van der Waals surface area contributed by atoms with Crippen LogP contribution in [-0.4, -0.2) is 12.1 Å². The third-order valence-electron chi connectivity index (χ3n) is 3.09. The summed E-state index contributed by atoms with van der Waals surface area (Å²) in [5, 5.41) is 0.843. The first-order chi connectivity index (χ1) is 10.2. The van der Waals surface area contributed by atoms with Crippen LogP contribution in [-0.2, 0) is 0 Å². The van der Waals surface area contributed by atoms with E-state index in [1.807, 2.05) is 42.5 Å². The highest BCUT2D eigenvalue weighted by atomic mass is 79.9. The Balaban J connectivity index is 2.15. The van der Waals surface area contributed by atoms with Gasteiger partial charge in [0.1, 0.15) is 0 Å². The van der Waals surface area contributed by atoms with Crippen molar-refractivity contribution in [2.75, 3.05) is 12.8 Å². The van der Waals surface area contributed by atoms with Gasteiger partial charge in [-0.2, -0.15) is 0 Å². The Labute approximate surface area is 130 Å². The first-order valence-corrected chi connectivity index (χ1v) is 7.13. The van der Waals surface area contributed by atoms with E-state index in [9.17, 15) is 0 Å². The molecular weight excluding hydrogens is 332 g/mol. The Morgan fingerprint density at radius 2 is 1.86 bits per heavy atom. The highest BCUT2D eigenvalue weighted by molar-refractivity contribution is 9.10. The summed E-state index contributed by atoms with van der Waals surface area (Å²) in [6.45, 7) is 0. The van der Waals surface area contributed by atoms with Gasteiger partial charge in [0.05, 0.1) is 24.5 Å². The molecule has 1 aromatic heterocycles. The number of hydrogen-bond acceptors (Lipinski definition) is 4. The number of rotatable bonds is 3. The van der Waals surface area contributed by atoms with Crippen molar-refractivity contribution < 1.29 is 9.47 Å². The van der Waals surface area contributed by atoms with E-state index in [0.29, 0.717) is 22.9 Å². The molecule has 1 heterocycles. The molecule has 21 heavy (non-hydrogen) atoms. The summed E-state index contributed by atoms with van der Waals surface area (Å²) >= 11 is 3.46. The second-order valence-corrected chi connectivity index (χ2v) is 5.37. The summed E-state index contributed by atoms with van der Waals surface area (Å²) in [4.78, 5) is 4.31. The summed E-state index contributed by atoms with van der Waals surface area (Å²) in [7, 11) is 1.60. The molecule has 0 saturated heterocycles. The van der Waals surface area contributed by atoms with Crippen molar-refractivity contribution in [1.29, 1.82) is 0 Å². The van der Waals surface area contributed by atoms with Gasteiger partial charge in [-0.05, 0) is 30.3 Å². The number of pyridine rings is 1. The number of aromatic nitrogens is 1. The third-order valence-corrected chi connectivity index (χ3v) is 3.58. The highest BCUT2D eigenvalue weighted by Gasteiger charge is 2.12. The lowest BCUT2D eigenvalue weighted by atomic mass is 10.2. The smallest absolute Gasteiger partial charge is 0.169 e. The molecule has 2 aromatic carbocycles. The van der Waals surface area contributed by atoms with Gasteiger partial charge < -0.3 is 15.2 Å². The quantitative estimate of drug-likeness (QED) is 0.765. The topological polar surface area (TPSA) is 57.4 Å². The molecule has 0 amide bonds. The number of ether oxygens (including phenoxy) is 2. The lowest BCUT2D eigenvalue weighted by Crippen LogP contribution is -1.96. The SMILES string of the molecule is COc1ccccc1Oc1c(N)cnc2ccc(Br)cc12. The maximum Gasteiger partial charge on any atom is 0.169 e. The molecule has 0 saturated carbocycles. The van der Waals surface area contributed by atoms with Crippen LogP contribution >= 0.6 is 15.9 Å². The summed E-state index contributed by atoms with van der Waals surface area (Å²) < 4.78 is 12.2. The minimum absolute atomic E-state index is 0.478. The molecule has 106 valence electrons. The van der Waals surface area contributed by atoms with E-state index >= 15 is 0 Å². The van der Waals surface area contributed by atoms with E-state index in [2.05, 4.69) is 20.9 Å². The number of methoxy groups -OCH3 is 1. The average Bonchev–Trinajstić information content (AvgIpc) is 2.50. The maximum absolute atomic E-state index is 6.03. The number of para-hydroxylation sites is 2. The molecule has 4 nitrogen and oxygen atoms in total. The number of nitrogen functional groups attached to an aromatic ring is 1. The molecular formula is C16H13BrN2O2. The second kappa shape index (κ2) is 5.61. The van der Waals surface area contributed by atoms with Crippen LogP contribution in [0.1, 0.15) is 0 Å². The first kappa shape index (κ1) is 13.7. The molecule has 0 atom stereocenters. The van der Waals surface area contributed by atoms with Crippen molar-refractivity contribution >= 4 is 32.5 Å². The number of hydrogen-bond donors (Lipinski definition) is 1. The van der Waals surface area contributed by atoms with Crippen molar-refractivity contribution in [2.24, 2.45) is 0 Å². The predicted octanol–water partition coefficient (Wildman–Crippen LogP) is 4.38. The molecule has 0 aliphatic heterocycles. The lowest BCUT2D eigenvalue weighted by Gasteiger charge is -2.13. The van der Waals surface area contributed by atoms with E-state index in [1.54, 1.807) is 13.3 Å². The molecule has 0 bridgehead atoms. The number of anilines is 1. The average molecular weight is 345 g/mol. The van der Waals surface area contributed by atoms with Crippen molar-refractivity contribution in [1.82, 2.24) is 4.98 Å². The number of nitrogens with zero attached hydrogens (tertiary/aromatic N) is 1. The van der Waals surface area contributed by atoms with Crippen molar-refractivity contribution in [2.45, 2.75) is 0 Å². The Morgan fingerprint density at radius 3 is 2.62 bits per heavy atom. The molecule has 0 fully saturated rings. The molecule has 0 aliphatic carbocycles. The zero-order chi connectivity index (χ0) is 14.8. The van der Waals surface area contributed by atoms with Gasteiger partial charge in [-0.15, -0.1) is 0 Å². The van der Waals surface area contributed by atoms with Crippen molar-refractivity contribution in [3.8, 4) is 17.2 Å². The fourth-order valence-corrected chi connectivity index (χ4v) is 2.44. The monoisotopic (exact) mass is 344 g/mol. The molecule has 2 N–H and O–H groups in total. The molecule has 0 spiro atoms. The van der Waals surface area contributed by atoms with Crippen LogP contribution in [0, 0.1) is 0 Å². The standard InChI is InChI=1S/C16H13BrN2O2/c1-20-14-4-2-3-5-15(14)21-16-11-8-10(17)6-7-13(11)19-9-12(16)18/h2-9H,18H2,1H3. The van der Waals surface area contributed by atoms with Gasteiger partial charge in [0.15, 0.2) is 17.2 Å². The summed E-state index contributed by atoms with van der Waals surface area (Å²) in [6.07, 6.45) is 1.60. The fraction of sp³-hybridized carbons (Fsp3) is 0.0625. The van der Waals surface area contributed by atoms with Crippen LogP contribution in [0.5, 0.6) is 17.2 Å². The maximum atomic E-state index is 6.03. The van der Waals surface area contributed by atoms with Gasteiger partial charge in [0, 0.05) is 9.86 Å². The zero-order valence-corrected chi connectivity index (χ0v) is 12.9. The van der Waals surface area contributed by atoms with Crippen LogP contribution < -0.4 is 15.2 Å². The Morgan fingerprint density at radius 1 is 1.10 bits per heavy atom. The third kappa shape index (κ3) is 2.64. The fourth-order valence-electron chi connectivity index (χ4n) is 2.08. The van der Waals surface area contributed by atoms with E-state index in [1.165, 1.54) is 0 Å². The number of fused-ring (bicyclic) bond motifs is 1. The van der Waals surface area contributed by atoms with Gasteiger partial charge >= 0.3 is 0 Å². The predicted molar refractivity (Wildman–Crippen MR) is 86.9 cm³/mol. The lowest BCUT2D eigenvalue weighted by molar-refractivity contribution is 0.380. The van der Waals surface area contributed by atoms with Crippen LogP contribution in [0.2, 0.25) is 0 Å². The molecule has 5 heteroatoms. The van der Waals surface area contributed by atoms with E-state index in [4.69, 9.17) is 15.2 Å². The van der Waals surface area contributed by atoms with Gasteiger partial charge in [0.25, 0.3) is 0 Å². The van der Waals surface area contributed by atoms with Gasteiger partial charge in [-0.3, -0.25) is 4.98 Å². The number of nitrogens with two attached hydrogens (primary N) is 1.